The van der Waals surface area contributed by atoms with Crippen LogP contribution in [0.25, 0.3) is 10.2 Å². The van der Waals surface area contributed by atoms with Crippen LogP contribution < -0.4 is 4.90 Å². The summed E-state index contributed by atoms with van der Waals surface area (Å²) < 4.78 is 6.56. The molecule has 0 N–H and O–H groups in total. The number of halogens is 1. The summed E-state index contributed by atoms with van der Waals surface area (Å²) in [4.78, 5) is 23.6. The maximum absolute atomic E-state index is 13.4. The summed E-state index contributed by atoms with van der Waals surface area (Å²) in [5.41, 5.74) is 2.86. The molecule has 3 aromatic rings. The predicted molar refractivity (Wildman–Crippen MR) is 133 cm³/mol. The van der Waals surface area contributed by atoms with Crippen molar-refractivity contribution in [1.29, 1.82) is 0 Å². The maximum atomic E-state index is 13.4. The van der Waals surface area contributed by atoms with Crippen LogP contribution in [-0.2, 0) is 4.74 Å². The van der Waals surface area contributed by atoms with E-state index >= 15 is 0 Å². The number of thioether (sulfide) groups is 1. The molecule has 4 rings (SSSR count). The molecule has 0 unspecified atom stereocenters. The summed E-state index contributed by atoms with van der Waals surface area (Å²) in [6.07, 6.45) is 2.95. The third-order valence-corrected chi connectivity index (χ3v) is 7.09. The smallest absolute Gasteiger partial charge is 0.260 e. The minimum Gasteiger partial charge on any atom is -0.379 e. The monoisotopic (exact) mass is 477 g/mol. The quantitative estimate of drug-likeness (QED) is 0.442. The zero-order chi connectivity index (χ0) is 20.9. The van der Waals surface area contributed by atoms with E-state index in [0.29, 0.717) is 12.1 Å². The molecule has 2 aromatic carbocycles. The van der Waals surface area contributed by atoms with Gasteiger partial charge in [0.2, 0.25) is 0 Å². The highest BCUT2D eigenvalue weighted by Gasteiger charge is 2.22. The fraction of sp³-hybridized carbons (Fsp3) is 0.391. The predicted octanol–water partition coefficient (Wildman–Crippen LogP) is 5.12. The zero-order valence-corrected chi connectivity index (χ0v) is 20.3. The number of ether oxygens (including phenoxy) is 1. The van der Waals surface area contributed by atoms with E-state index in [-0.39, 0.29) is 18.3 Å². The second-order valence-corrected chi connectivity index (χ2v) is 9.35. The summed E-state index contributed by atoms with van der Waals surface area (Å²) in [5, 5.41) is 0.775. The Kier molecular flexibility index (Phi) is 8.75. The molecule has 1 amide bonds. The van der Waals surface area contributed by atoms with E-state index < -0.39 is 0 Å². The Morgan fingerprint density at radius 2 is 1.94 bits per heavy atom. The van der Waals surface area contributed by atoms with Crippen LogP contribution in [0.5, 0.6) is 0 Å². The van der Waals surface area contributed by atoms with Gasteiger partial charge in [0.1, 0.15) is 0 Å². The fourth-order valence-electron chi connectivity index (χ4n) is 3.59. The highest BCUT2D eigenvalue weighted by atomic mass is 35.5. The van der Waals surface area contributed by atoms with Crippen LogP contribution in [0, 0.1) is 6.92 Å². The van der Waals surface area contributed by atoms with Gasteiger partial charge < -0.3 is 4.74 Å². The molecule has 31 heavy (non-hydrogen) atoms. The Hall–Kier alpha value is -1.64. The summed E-state index contributed by atoms with van der Waals surface area (Å²) in [7, 11) is 0. The van der Waals surface area contributed by atoms with Crippen LogP contribution in [0.1, 0.15) is 22.3 Å². The molecule has 0 saturated carbocycles. The summed E-state index contributed by atoms with van der Waals surface area (Å²) in [6, 6.07) is 14.1. The largest absolute Gasteiger partial charge is 0.379 e. The number of anilines is 1. The van der Waals surface area contributed by atoms with Crippen LogP contribution in [0.4, 0.5) is 5.13 Å². The lowest BCUT2D eigenvalue weighted by molar-refractivity contribution is 0.0376. The van der Waals surface area contributed by atoms with Gasteiger partial charge >= 0.3 is 0 Å². The van der Waals surface area contributed by atoms with Crippen molar-refractivity contribution in [2.75, 3.05) is 50.5 Å². The third kappa shape index (κ3) is 5.99. The molecule has 0 spiro atoms. The van der Waals surface area contributed by atoms with Crippen molar-refractivity contribution < 1.29 is 9.53 Å². The summed E-state index contributed by atoms with van der Waals surface area (Å²) in [5.74, 6) is 0.0143. The van der Waals surface area contributed by atoms with Gasteiger partial charge in [0.15, 0.2) is 5.13 Å². The van der Waals surface area contributed by atoms with E-state index in [1.165, 1.54) is 5.56 Å². The lowest BCUT2D eigenvalue weighted by Gasteiger charge is -2.27. The van der Waals surface area contributed by atoms with E-state index in [9.17, 15) is 4.79 Å². The molecular formula is C23H28ClN3O2S2. The van der Waals surface area contributed by atoms with Crippen molar-refractivity contribution in [1.82, 2.24) is 9.88 Å². The summed E-state index contributed by atoms with van der Waals surface area (Å²) in [6.45, 7) is 7.21. The van der Waals surface area contributed by atoms with Crippen LogP contribution >= 0.6 is 35.5 Å². The van der Waals surface area contributed by atoms with Crippen LogP contribution in [-0.4, -0.2) is 61.4 Å². The number of hydrogen-bond donors (Lipinski definition) is 0. The number of hydrogen-bond acceptors (Lipinski definition) is 6. The molecule has 0 radical (unpaired) electrons. The molecule has 1 fully saturated rings. The molecule has 1 aliphatic rings. The van der Waals surface area contributed by atoms with Gasteiger partial charge in [-0.3, -0.25) is 14.6 Å². The van der Waals surface area contributed by atoms with Gasteiger partial charge in [0.25, 0.3) is 5.91 Å². The van der Waals surface area contributed by atoms with E-state index in [4.69, 9.17) is 9.72 Å². The van der Waals surface area contributed by atoms with Crippen molar-refractivity contribution in [3.8, 4) is 0 Å². The Balaban J connectivity index is 0.00000272. The first kappa shape index (κ1) is 24.0. The van der Waals surface area contributed by atoms with Crippen molar-refractivity contribution in [3.63, 3.8) is 0 Å². The van der Waals surface area contributed by atoms with Crippen molar-refractivity contribution in [2.24, 2.45) is 0 Å². The number of amides is 1. The van der Waals surface area contributed by atoms with Crippen LogP contribution in [0.3, 0.4) is 0 Å². The molecule has 1 saturated heterocycles. The van der Waals surface area contributed by atoms with Gasteiger partial charge in [-0.05, 0) is 61.6 Å². The van der Waals surface area contributed by atoms with Crippen LogP contribution in [0.2, 0.25) is 0 Å². The zero-order valence-electron chi connectivity index (χ0n) is 17.9. The maximum Gasteiger partial charge on any atom is 0.260 e. The van der Waals surface area contributed by atoms with Crippen molar-refractivity contribution in [2.45, 2.75) is 18.2 Å². The lowest BCUT2D eigenvalue weighted by Crippen LogP contribution is -2.39. The molecule has 0 atom stereocenters. The molecule has 5 nitrogen and oxygen atoms in total. The van der Waals surface area contributed by atoms with Crippen molar-refractivity contribution in [3.05, 3.63) is 53.6 Å². The number of benzene rings is 2. The Morgan fingerprint density at radius 3 is 2.65 bits per heavy atom. The van der Waals surface area contributed by atoms with Gasteiger partial charge in [0.05, 0.1) is 23.4 Å². The number of fused-ring (bicyclic) bond motifs is 1. The standard InChI is InChI=1S/C23H27N3O2S2.ClH/c1-17-4-9-20-21(16-17)30-23(24-20)26(11-3-10-25-12-14-28-15-13-25)22(27)18-5-7-19(29-2)8-6-18;/h4-9,16H,3,10-15H2,1-2H3;1H. The molecule has 0 aliphatic carbocycles. The second-order valence-electron chi connectivity index (χ2n) is 7.46. The molecule has 1 aromatic heterocycles. The number of morpholine rings is 1. The first-order valence-corrected chi connectivity index (χ1v) is 12.3. The SMILES string of the molecule is CSc1ccc(C(=O)N(CCCN2CCOCC2)c2nc3ccc(C)cc3s2)cc1.Cl. The first-order valence-electron chi connectivity index (χ1n) is 10.3. The number of carbonyl (C=O) groups is 1. The van der Waals surface area contributed by atoms with Gasteiger partial charge in [-0.2, -0.15) is 0 Å². The average Bonchev–Trinajstić information content (AvgIpc) is 3.20. The number of thiazole rings is 1. The Bertz CT molecular complexity index is 1000. The Labute approximate surface area is 198 Å². The molecule has 8 heteroatoms. The molecular weight excluding hydrogens is 450 g/mol. The van der Waals surface area contributed by atoms with Crippen molar-refractivity contribution >= 4 is 56.8 Å². The molecule has 2 heterocycles. The molecule has 166 valence electrons. The van der Waals surface area contributed by atoms with Gasteiger partial charge in [-0.25, -0.2) is 4.98 Å². The Morgan fingerprint density at radius 1 is 1.19 bits per heavy atom. The molecule has 1 aliphatic heterocycles. The minimum absolute atomic E-state index is 0. The second kappa shape index (κ2) is 11.3. The number of carbonyl (C=O) groups excluding carboxylic acids is 1. The van der Waals surface area contributed by atoms with Gasteiger partial charge in [-0.1, -0.05) is 17.4 Å². The van der Waals surface area contributed by atoms with E-state index in [1.807, 2.05) is 41.5 Å². The minimum atomic E-state index is 0. The number of aryl methyl sites for hydroxylation is 1. The molecule has 0 bridgehead atoms. The topological polar surface area (TPSA) is 45.7 Å². The van der Waals surface area contributed by atoms with Gasteiger partial charge in [-0.15, -0.1) is 24.2 Å². The number of nitrogens with zero attached hydrogens (tertiary/aromatic N) is 3. The highest BCUT2D eigenvalue weighted by molar-refractivity contribution is 7.98. The lowest BCUT2D eigenvalue weighted by atomic mass is 10.2. The normalized spacial score (nSPS) is 14.4. The third-order valence-electron chi connectivity index (χ3n) is 5.31. The number of aromatic nitrogens is 1. The van der Waals surface area contributed by atoms with Crippen LogP contribution in [0.15, 0.2) is 47.4 Å². The van der Waals surface area contributed by atoms with Gasteiger partial charge in [0, 0.05) is 36.6 Å². The summed E-state index contributed by atoms with van der Waals surface area (Å²) >= 11 is 3.27. The first-order chi connectivity index (χ1) is 14.6. The van der Waals surface area contributed by atoms with E-state index in [2.05, 4.69) is 24.0 Å². The van der Waals surface area contributed by atoms with E-state index in [0.717, 1.165) is 59.5 Å². The van der Waals surface area contributed by atoms with E-state index in [1.54, 1.807) is 23.1 Å². The fourth-order valence-corrected chi connectivity index (χ4v) is 5.08. The highest BCUT2D eigenvalue weighted by Crippen LogP contribution is 2.31. The number of rotatable bonds is 7. The average molecular weight is 478 g/mol.